The average molecular weight is 275 g/mol. The second-order valence-electron chi connectivity index (χ2n) is 4.71. The Morgan fingerprint density at radius 2 is 1.70 bits per heavy atom. The summed E-state index contributed by atoms with van der Waals surface area (Å²) >= 11 is 0. The molecule has 0 fully saturated rings. The summed E-state index contributed by atoms with van der Waals surface area (Å²) in [6, 6.07) is 13.9. The predicted octanol–water partition coefficient (Wildman–Crippen LogP) is 2.12. The Morgan fingerprint density at radius 1 is 0.900 bits per heavy atom. The van der Waals surface area contributed by atoms with Gasteiger partial charge in [0.05, 0.1) is 13.2 Å². The van der Waals surface area contributed by atoms with Crippen molar-refractivity contribution in [2.75, 3.05) is 26.3 Å². The quantitative estimate of drug-likeness (QED) is 0.775. The number of rotatable bonds is 8. The van der Waals surface area contributed by atoms with Gasteiger partial charge in [-0.2, -0.15) is 0 Å². The third-order valence-electron chi connectivity index (χ3n) is 3.15. The third kappa shape index (κ3) is 4.20. The summed E-state index contributed by atoms with van der Waals surface area (Å²) in [5, 5.41) is 18.0. The lowest BCUT2D eigenvalue weighted by Crippen LogP contribution is -2.27. The summed E-state index contributed by atoms with van der Waals surface area (Å²) in [6.07, 6.45) is 0.701. The first-order chi connectivity index (χ1) is 9.83. The van der Waals surface area contributed by atoms with Gasteiger partial charge in [-0.15, -0.1) is 0 Å². The van der Waals surface area contributed by atoms with E-state index in [0.29, 0.717) is 19.5 Å². The number of hydrogen-bond acceptors (Lipinski definition) is 4. The highest BCUT2D eigenvalue weighted by molar-refractivity contribution is 5.57. The summed E-state index contributed by atoms with van der Waals surface area (Å²) < 4.78 is 5.84. The lowest BCUT2D eigenvalue weighted by molar-refractivity contribution is 0.166. The molecular weight excluding hydrogens is 254 g/mol. The number of aliphatic hydroxyl groups is 2. The van der Waals surface area contributed by atoms with Gasteiger partial charge in [-0.1, -0.05) is 30.3 Å². The van der Waals surface area contributed by atoms with Crippen molar-refractivity contribution in [2.45, 2.75) is 13.0 Å². The third-order valence-corrected chi connectivity index (χ3v) is 3.15. The molecular formula is C16H21NO3. The topological polar surface area (TPSA) is 56.8 Å². The Hall–Kier alpha value is -1.62. The van der Waals surface area contributed by atoms with Crippen molar-refractivity contribution in [2.24, 2.45) is 0 Å². The standard InChI is InChI=1S/C16H21NO3/c18-11-4-9-17(10-12-19)13-15-7-8-16(20-15)14-5-2-1-3-6-14/h1-3,5-8,18-19H,4,9-13H2. The Kier molecular flexibility index (Phi) is 5.80. The highest BCUT2D eigenvalue weighted by Crippen LogP contribution is 2.22. The van der Waals surface area contributed by atoms with Crippen LogP contribution in [-0.4, -0.2) is 41.4 Å². The number of benzene rings is 1. The molecule has 2 aromatic rings. The second-order valence-corrected chi connectivity index (χ2v) is 4.71. The average Bonchev–Trinajstić information content (AvgIpc) is 2.94. The van der Waals surface area contributed by atoms with E-state index in [9.17, 15) is 0 Å². The zero-order valence-corrected chi connectivity index (χ0v) is 11.5. The van der Waals surface area contributed by atoms with Gasteiger partial charge in [0.2, 0.25) is 0 Å². The fourth-order valence-corrected chi connectivity index (χ4v) is 2.15. The molecule has 0 unspecified atom stereocenters. The first kappa shape index (κ1) is 14.8. The normalized spacial score (nSPS) is 11.2. The van der Waals surface area contributed by atoms with Crippen LogP contribution < -0.4 is 0 Å². The molecule has 108 valence electrons. The molecule has 2 rings (SSSR count). The van der Waals surface area contributed by atoms with Crippen molar-refractivity contribution in [3.05, 3.63) is 48.2 Å². The molecule has 0 aliphatic rings. The van der Waals surface area contributed by atoms with Crippen LogP contribution in [0, 0.1) is 0 Å². The van der Waals surface area contributed by atoms with Gasteiger partial charge >= 0.3 is 0 Å². The number of aliphatic hydroxyl groups excluding tert-OH is 2. The minimum absolute atomic E-state index is 0.109. The first-order valence-electron chi connectivity index (χ1n) is 6.91. The number of nitrogens with zero attached hydrogens (tertiary/aromatic N) is 1. The van der Waals surface area contributed by atoms with E-state index in [2.05, 4.69) is 4.90 Å². The van der Waals surface area contributed by atoms with Crippen LogP contribution in [0.3, 0.4) is 0 Å². The molecule has 0 spiro atoms. The van der Waals surface area contributed by atoms with E-state index in [0.717, 1.165) is 23.6 Å². The minimum atomic E-state index is 0.109. The van der Waals surface area contributed by atoms with E-state index in [1.54, 1.807) is 0 Å². The van der Waals surface area contributed by atoms with Gasteiger partial charge < -0.3 is 14.6 Å². The summed E-state index contributed by atoms with van der Waals surface area (Å²) in [6.45, 7) is 2.25. The SMILES string of the molecule is OCCCN(CCO)Cc1ccc(-c2ccccc2)o1. The summed E-state index contributed by atoms with van der Waals surface area (Å²) in [5.41, 5.74) is 1.06. The Labute approximate surface area is 119 Å². The molecule has 1 aromatic carbocycles. The minimum Gasteiger partial charge on any atom is -0.460 e. The molecule has 0 aliphatic carbocycles. The van der Waals surface area contributed by atoms with Crippen molar-refractivity contribution >= 4 is 0 Å². The molecule has 2 N–H and O–H groups in total. The van der Waals surface area contributed by atoms with Crippen molar-refractivity contribution in [3.63, 3.8) is 0 Å². The lowest BCUT2D eigenvalue weighted by atomic mass is 10.2. The molecule has 0 saturated carbocycles. The molecule has 0 amide bonds. The van der Waals surface area contributed by atoms with Gasteiger partial charge in [0, 0.05) is 25.3 Å². The van der Waals surface area contributed by atoms with Crippen LogP contribution in [0.25, 0.3) is 11.3 Å². The Morgan fingerprint density at radius 3 is 2.40 bits per heavy atom. The van der Waals surface area contributed by atoms with Crippen LogP contribution in [0.15, 0.2) is 46.9 Å². The van der Waals surface area contributed by atoms with Gasteiger partial charge in [-0.25, -0.2) is 0 Å². The lowest BCUT2D eigenvalue weighted by Gasteiger charge is -2.19. The van der Waals surface area contributed by atoms with Crippen LogP contribution in [0.5, 0.6) is 0 Å². The van der Waals surface area contributed by atoms with Gasteiger partial charge in [-0.05, 0) is 18.6 Å². The number of hydrogen-bond donors (Lipinski definition) is 2. The maximum atomic E-state index is 9.06. The van der Waals surface area contributed by atoms with Crippen LogP contribution in [0.1, 0.15) is 12.2 Å². The molecule has 0 atom stereocenters. The molecule has 0 aliphatic heterocycles. The van der Waals surface area contributed by atoms with Crippen LogP contribution >= 0.6 is 0 Å². The molecule has 0 bridgehead atoms. The van der Waals surface area contributed by atoms with E-state index in [-0.39, 0.29) is 13.2 Å². The zero-order valence-electron chi connectivity index (χ0n) is 11.5. The summed E-state index contributed by atoms with van der Waals surface area (Å²) in [5.74, 6) is 1.72. The van der Waals surface area contributed by atoms with Gasteiger partial charge in [0.25, 0.3) is 0 Å². The second kappa shape index (κ2) is 7.85. The smallest absolute Gasteiger partial charge is 0.134 e. The molecule has 0 radical (unpaired) electrons. The van der Waals surface area contributed by atoms with Crippen LogP contribution in [0.4, 0.5) is 0 Å². The largest absolute Gasteiger partial charge is 0.460 e. The Bertz CT molecular complexity index is 495. The molecule has 4 heteroatoms. The van der Waals surface area contributed by atoms with Gasteiger partial charge in [0.15, 0.2) is 0 Å². The van der Waals surface area contributed by atoms with E-state index < -0.39 is 0 Å². The van der Waals surface area contributed by atoms with E-state index >= 15 is 0 Å². The van der Waals surface area contributed by atoms with Crippen LogP contribution in [-0.2, 0) is 6.54 Å². The highest BCUT2D eigenvalue weighted by atomic mass is 16.3. The molecule has 0 saturated heterocycles. The Balaban J connectivity index is 2.00. The predicted molar refractivity (Wildman–Crippen MR) is 78.2 cm³/mol. The van der Waals surface area contributed by atoms with E-state index in [1.807, 2.05) is 42.5 Å². The number of furan rings is 1. The van der Waals surface area contributed by atoms with Gasteiger partial charge in [0.1, 0.15) is 11.5 Å². The van der Waals surface area contributed by atoms with E-state index in [4.69, 9.17) is 14.6 Å². The molecule has 1 aromatic heterocycles. The monoisotopic (exact) mass is 275 g/mol. The molecule has 1 heterocycles. The molecule has 4 nitrogen and oxygen atoms in total. The first-order valence-corrected chi connectivity index (χ1v) is 6.91. The van der Waals surface area contributed by atoms with Crippen molar-refractivity contribution in [1.29, 1.82) is 0 Å². The molecule has 20 heavy (non-hydrogen) atoms. The fraction of sp³-hybridized carbons (Fsp3) is 0.375. The maximum Gasteiger partial charge on any atom is 0.134 e. The van der Waals surface area contributed by atoms with Gasteiger partial charge in [-0.3, -0.25) is 4.90 Å². The fourth-order valence-electron chi connectivity index (χ4n) is 2.15. The van der Waals surface area contributed by atoms with Crippen molar-refractivity contribution < 1.29 is 14.6 Å². The maximum absolute atomic E-state index is 9.06. The van der Waals surface area contributed by atoms with Crippen molar-refractivity contribution in [3.8, 4) is 11.3 Å². The van der Waals surface area contributed by atoms with Crippen LogP contribution in [0.2, 0.25) is 0 Å². The highest BCUT2D eigenvalue weighted by Gasteiger charge is 2.09. The summed E-state index contributed by atoms with van der Waals surface area (Å²) in [7, 11) is 0. The summed E-state index contributed by atoms with van der Waals surface area (Å²) in [4.78, 5) is 2.07. The van der Waals surface area contributed by atoms with E-state index in [1.165, 1.54) is 0 Å². The van der Waals surface area contributed by atoms with Crippen molar-refractivity contribution in [1.82, 2.24) is 4.90 Å². The zero-order chi connectivity index (χ0) is 14.2.